The van der Waals surface area contributed by atoms with E-state index in [-0.39, 0.29) is 12.2 Å². The summed E-state index contributed by atoms with van der Waals surface area (Å²) in [5, 5.41) is 32.0. The molecule has 1 fully saturated rings. The zero-order chi connectivity index (χ0) is 19.7. The highest BCUT2D eigenvalue weighted by Gasteiger charge is 2.45. The second-order valence-electron chi connectivity index (χ2n) is 6.66. The Balaban J connectivity index is 1.53. The van der Waals surface area contributed by atoms with Crippen LogP contribution in [0, 0.1) is 0 Å². The zero-order valence-electron chi connectivity index (χ0n) is 14.8. The molecule has 146 valence electrons. The Hall–Kier alpha value is -2.78. The Kier molecular flexibility index (Phi) is 5.10. The lowest BCUT2D eigenvalue weighted by molar-refractivity contribution is -0.250. The van der Waals surface area contributed by atoms with Crippen LogP contribution in [0.1, 0.15) is 16.6 Å². The minimum absolute atomic E-state index is 0.265. The van der Waals surface area contributed by atoms with Gasteiger partial charge in [-0.1, -0.05) is 18.2 Å². The molecule has 4 rings (SSSR count). The van der Waals surface area contributed by atoms with Gasteiger partial charge in [0.15, 0.2) is 6.23 Å². The number of carbonyl (C=O) groups excluding carboxylic acids is 1. The van der Waals surface area contributed by atoms with Gasteiger partial charge in [0.1, 0.15) is 31.0 Å². The molecule has 0 saturated carbocycles. The monoisotopic (exact) mass is 384 g/mol. The van der Waals surface area contributed by atoms with Crippen LogP contribution >= 0.6 is 0 Å². The predicted octanol–water partition coefficient (Wildman–Crippen LogP) is 0.873. The van der Waals surface area contributed by atoms with Crippen LogP contribution in [0.25, 0.3) is 10.9 Å². The molecule has 0 unspecified atom stereocenters. The van der Waals surface area contributed by atoms with Crippen LogP contribution in [0.5, 0.6) is 0 Å². The molecule has 8 heteroatoms. The normalized spacial score (nSPS) is 27.6. The van der Waals surface area contributed by atoms with Gasteiger partial charge in [-0.3, -0.25) is 4.98 Å². The maximum Gasteiger partial charge on any atom is 0.339 e. The van der Waals surface area contributed by atoms with Gasteiger partial charge in [-0.15, -0.1) is 0 Å². The summed E-state index contributed by atoms with van der Waals surface area (Å²) in [4.78, 5) is 16.0. The number of para-hydroxylation sites is 1. The molecule has 1 saturated heterocycles. The molecule has 1 aromatic carbocycles. The first-order chi connectivity index (χ1) is 13.6. The number of hydrogen-bond acceptors (Lipinski definition) is 7. The SMILES string of the molecule is O=C(OC[C@H]1O[C@@H](n2ccc3ccccc32)[C@H](O)[C@@H](O)[C@H]1O)c1cccnc1. The summed E-state index contributed by atoms with van der Waals surface area (Å²) in [5.74, 6) is -0.618. The van der Waals surface area contributed by atoms with Crippen molar-refractivity contribution < 1.29 is 29.6 Å². The number of pyridine rings is 1. The molecule has 3 aromatic rings. The second-order valence-corrected chi connectivity index (χ2v) is 6.66. The van der Waals surface area contributed by atoms with Crippen molar-refractivity contribution in [3.63, 3.8) is 0 Å². The molecule has 2 aromatic heterocycles. The summed E-state index contributed by atoms with van der Waals surface area (Å²) in [7, 11) is 0. The van der Waals surface area contributed by atoms with Crippen molar-refractivity contribution in [3.8, 4) is 0 Å². The van der Waals surface area contributed by atoms with Gasteiger partial charge in [-0.05, 0) is 29.7 Å². The number of ether oxygens (including phenoxy) is 2. The first kappa shape index (κ1) is 18.6. The summed E-state index contributed by atoms with van der Waals surface area (Å²) >= 11 is 0. The molecule has 5 atom stereocenters. The fourth-order valence-electron chi connectivity index (χ4n) is 3.35. The van der Waals surface area contributed by atoms with Gasteiger partial charge >= 0.3 is 5.97 Å². The van der Waals surface area contributed by atoms with Crippen molar-refractivity contribution in [2.45, 2.75) is 30.6 Å². The summed E-state index contributed by atoms with van der Waals surface area (Å²) in [6.45, 7) is -0.283. The molecular weight excluding hydrogens is 364 g/mol. The van der Waals surface area contributed by atoms with Crippen molar-refractivity contribution in [2.75, 3.05) is 6.61 Å². The van der Waals surface area contributed by atoms with Gasteiger partial charge in [-0.25, -0.2) is 4.79 Å². The van der Waals surface area contributed by atoms with Gasteiger partial charge in [0.25, 0.3) is 0 Å². The first-order valence-electron chi connectivity index (χ1n) is 8.88. The average Bonchev–Trinajstić information content (AvgIpc) is 3.16. The minimum Gasteiger partial charge on any atom is -0.459 e. The molecule has 0 amide bonds. The Bertz CT molecular complexity index is 959. The zero-order valence-corrected chi connectivity index (χ0v) is 14.8. The predicted molar refractivity (Wildman–Crippen MR) is 98.4 cm³/mol. The van der Waals surface area contributed by atoms with E-state index in [4.69, 9.17) is 9.47 Å². The van der Waals surface area contributed by atoms with E-state index < -0.39 is 36.6 Å². The number of hydrogen-bond donors (Lipinski definition) is 3. The summed E-state index contributed by atoms with van der Waals surface area (Å²) in [5.41, 5.74) is 1.07. The van der Waals surface area contributed by atoms with E-state index in [1.807, 2.05) is 30.3 Å². The van der Waals surface area contributed by atoms with Crippen molar-refractivity contribution in [1.82, 2.24) is 9.55 Å². The number of carbonyl (C=O) groups is 1. The second kappa shape index (κ2) is 7.69. The third-order valence-corrected chi connectivity index (χ3v) is 4.87. The van der Waals surface area contributed by atoms with Gasteiger partial charge in [0.2, 0.25) is 0 Å². The van der Waals surface area contributed by atoms with Crippen LogP contribution in [0.4, 0.5) is 0 Å². The van der Waals surface area contributed by atoms with E-state index in [9.17, 15) is 20.1 Å². The molecule has 0 bridgehead atoms. The van der Waals surface area contributed by atoms with Crippen molar-refractivity contribution in [2.24, 2.45) is 0 Å². The lowest BCUT2D eigenvalue weighted by Gasteiger charge is -2.41. The highest BCUT2D eigenvalue weighted by molar-refractivity contribution is 5.88. The summed E-state index contributed by atoms with van der Waals surface area (Å²) in [6, 6.07) is 12.5. The Morgan fingerprint density at radius 3 is 2.68 bits per heavy atom. The molecule has 28 heavy (non-hydrogen) atoms. The third-order valence-electron chi connectivity index (χ3n) is 4.87. The van der Waals surface area contributed by atoms with Crippen LogP contribution < -0.4 is 0 Å². The van der Waals surface area contributed by atoms with Gasteiger partial charge in [0, 0.05) is 18.6 Å². The Morgan fingerprint density at radius 2 is 1.89 bits per heavy atom. The van der Waals surface area contributed by atoms with E-state index in [1.54, 1.807) is 22.9 Å². The standard InChI is InChI=1S/C20H20N2O6/c23-16-15(11-27-20(26)13-5-3-8-21-10-13)28-19(18(25)17(16)24)22-9-7-12-4-1-2-6-14(12)22/h1-10,15-19,23-25H,11H2/t15-,16+,17+,18-,19-/m1/s1. The van der Waals surface area contributed by atoms with Crippen LogP contribution in [-0.2, 0) is 9.47 Å². The fourth-order valence-corrected chi connectivity index (χ4v) is 3.35. The Morgan fingerprint density at radius 1 is 1.07 bits per heavy atom. The number of esters is 1. The number of rotatable bonds is 4. The Labute approximate surface area is 160 Å². The largest absolute Gasteiger partial charge is 0.459 e. The highest BCUT2D eigenvalue weighted by Crippen LogP contribution is 2.31. The lowest BCUT2D eigenvalue weighted by atomic mass is 9.98. The van der Waals surface area contributed by atoms with Gasteiger partial charge in [-0.2, -0.15) is 0 Å². The lowest BCUT2D eigenvalue weighted by Crippen LogP contribution is -2.56. The number of benzene rings is 1. The number of fused-ring (bicyclic) bond motifs is 1. The van der Waals surface area contributed by atoms with Crippen LogP contribution in [-0.4, -0.2) is 61.9 Å². The molecule has 1 aliphatic rings. The molecule has 3 heterocycles. The van der Waals surface area contributed by atoms with Crippen molar-refractivity contribution in [1.29, 1.82) is 0 Å². The summed E-state index contributed by atoms with van der Waals surface area (Å²) < 4.78 is 12.7. The number of aliphatic hydroxyl groups is 3. The molecule has 3 N–H and O–H groups in total. The van der Waals surface area contributed by atoms with E-state index in [0.717, 1.165) is 10.9 Å². The van der Waals surface area contributed by atoms with E-state index in [1.165, 1.54) is 12.4 Å². The maximum atomic E-state index is 12.1. The van der Waals surface area contributed by atoms with Crippen LogP contribution in [0.2, 0.25) is 0 Å². The van der Waals surface area contributed by atoms with Gasteiger partial charge < -0.3 is 29.4 Å². The summed E-state index contributed by atoms with van der Waals surface area (Å²) in [6.07, 6.45) is -1.53. The molecular formula is C20H20N2O6. The van der Waals surface area contributed by atoms with Crippen LogP contribution in [0.3, 0.4) is 0 Å². The van der Waals surface area contributed by atoms with Crippen molar-refractivity contribution >= 4 is 16.9 Å². The molecule has 0 radical (unpaired) electrons. The van der Waals surface area contributed by atoms with E-state index in [0.29, 0.717) is 0 Å². The van der Waals surface area contributed by atoms with E-state index in [2.05, 4.69) is 4.98 Å². The molecule has 0 aliphatic carbocycles. The average molecular weight is 384 g/mol. The highest BCUT2D eigenvalue weighted by atomic mass is 16.6. The molecule has 0 spiro atoms. The first-order valence-corrected chi connectivity index (χ1v) is 8.88. The molecule has 8 nitrogen and oxygen atoms in total. The number of aliphatic hydroxyl groups excluding tert-OH is 3. The smallest absolute Gasteiger partial charge is 0.339 e. The number of aromatic nitrogens is 2. The van der Waals surface area contributed by atoms with Gasteiger partial charge in [0.05, 0.1) is 11.1 Å². The third kappa shape index (κ3) is 3.38. The minimum atomic E-state index is -1.46. The number of nitrogens with zero attached hydrogens (tertiary/aromatic N) is 2. The maximum absolute atomic E-state index is 12.1. The van der Waals surface area contributed by atoms with E-state index >= 15 is 0 Å². The fraction of sp³-hybridized carbons (Fsp3) is 0.300. The van der Waals surface area contributed by atoms with Crippen LogP contribution in [0.15, 0.2) is 61.1 Å². The topological polar surface area (TPSA) is 114 Å². The quantitative estimate of drug-likeness (QED) is 0.572. The molecule has 1 aliphatic heterocycles. The van der Waals surface area contributed by atoms with Crippen molar-refractivity contribution in [3.05, 3.63) is 66.6 Å².